The van der Waals surface area contributed by atoms with Crippen LogP contribution in [0, 0.1) is 13.8 Å². The van der Waals surface area contributed by atoms with Crippen LogP contribution in [0.2, 0.25) is 0 Å². The number of hydrogen-bond acceptors (Lipinski definition) is 7. The normalized spacial score (nSPS) is 10.7. The number of amides is 1. The summed E-state index contributed by atoms with van der Waals surface area (Å²) in [5.74, 6) is 0.208. The molecule has 0 saturated heterocycles. The zero-order valence-corrected chi connectivity index (χ0v) is 15.0. The Morgan fingerprint density at radius 2 is 2.17 bits per heavy atom. The van der Waals surface area contributed by atoms with Gasteiger partial charge in [-0.05, 0) is 19.4 Å². The molecule has 0 radical (unpaired) electrons. The van der Waals surface area contributed by atoms with Gasteiger partial charge < -0.3 is 5.32 Å². The molecule has 0 fully saturated rings. The fraction of sp³-hybridized carbons (Fsp3) is 0.200. The third kappa shape index (κ3) is 4.15. The Labute approximate surface area is 146 Å². The van der Waals surface area contributed by atoms with Crippen LogP contribution in [0.3, 0.4) is 0 Å². The summed E-state index contributed by atoms with van der Waals surface area (Å²) in [6.07, 6.45) is 0. The first-order valence-electron chi connectivity index (χ1n) is 6.84. The number of carbonyl (C=O) groups is 1. The minimum absolute atomic E-state index is 0.0910. The zero-order chi connectivity index (χ0) is 16.2. The molecule has 0 aliphatic rings. The fourth-order valence-electron chi connectivity index (χ4n) is 2.06. The fourth-order valence-corrected chi connectivity index (χ4v) is 4.08. The molecule has 5 nitrogen and oxygen atoms in total. The number of nitrogens with one attached hydrogen (secondary N) is 1. The molecule has 1 aromatic carbocycles. The second kappa shape index (κ2) is 7.20. The van der Waals surface area contributed by atoms with Crippen molar-refractivity contribution in [2.24, 2.45) is 0 Å². The quantitative estimate of drug-likeness (QED) is 0.695. The maximum absolute atomic E-state index is 12.0. The number of anilines is 1. The molecule has 3 aromatic rings. The van der Waals surface area contributed by atoms with Gasteiger partial charge in [-0.2, -0.15) is 0 Å². The molecule has 118 valence electrons. The van der Waals surface area contributed by atoms with Crippen molar-refractivity contribution in [1.29, 1.82) is 0 Å². The molecule has 0 saturated carbocycles. The Kier molecular flexibility index (Phi) is 5.04. The van der Waals surface area contributed by atoms with Crippen LogP contribution < -0.4 is 5.32 Å². The van der Waals surface area contributed by atoms with Gasteiger partial charge in [-0.15, -0.1) is 21.5 Å². The Morgan fingerprint density at radius 1 is 1.30 bits per heavy atom. The first-order valence-corrected chi connectivity index (χ1v) is 9.58. The van der Waals surface area contributed by atoms with Crippen LogP contribution in [-0.2, 0) is 4.79 Å². The molecule has 23 heavy (non-hydrogen) atoms. The molecule has 0 atom stereocenters. The number of aryl methyl sites for hydroxylation is 2. The lowest BCUT2D eigenvalue weighted by molar-refractivity contribution is -0.113. The van der Waals surface area contributed by atoms with E-state index >= 15 is 0 Å². The molecule has 8 heteroatoms. The van der Waals surface area contributed by atoms with Crippen molar-refractivity contribution in [2.75, 3.05) is 11.1 Å². The minimum atomic E-state index is -0.0910. The highest BCUT2D eigenvalue weighted by molar-refractivity contribution is 8.01. The number of thioether (sulfide) groups is 1. The van der Waals surface area contributed by atoms with Crippen LogP contribution in [0.1, 0.15) is 11.1 Å². The van der Waals surface area contributed by atoms with Crippen LogP contribution in [-0.4, -0.2) is 26.8 Å². The average Bonchev–Trinajstić information content (AvgIpc) is 3.17. The molecule has 2 aromatic heterocycles. The summed E-state index contributed by atoms with van der Waals surface area (Å²) in [6, 6.07) is 6.26. The highest BCUT2D eigenvalue weighted by Gasteiger charge is 2.11. The first kappa shape index (κ1) is 16.1. The van der Waals surface area contributed by atoms with Gasteiger partial charge in [0.25, 0.3) is 0 Å². The summed E-state index contributed by atoms with van der Waals surface area (Å²) in [5, 5.41) is 13.0. The van der Waals surface area contributed by atoms with Crippen LogP contribution >= 0.6 is 34.4 Å². The van der Waals surface area contributed by atoms with Gasteiger partial charge in [0.2, 0.25) is 5.91 Å². The van der Waals surface area contributed by atoms with Gasteiger partial charge in [-0.25, -0.2) is 4.98 Å². The second-order valence-corrected chi connectivity index (χ2v) is 7.81. The summed E-state index contributed by atoms with van der Waals surface area (Å²) in [7, 11) is 0. The molecule has 2 heterocycles. The van der Waals surface area contributed by atoms with Gasteiger partial charge in [0.05, 0.1) is 11.4 Å². The number of nitrogens with zero attached hydrogens (tertiary/aromatic N) is 3. The van der Waals surface area contributed by atoms with Crippen LogP contribution in [0.15, 0.2) is 33.4 Å². The maximum Gasteiger partial charge on any atom is 0.236 e. The number of hydrogen-bond donors (Lipinski definition) is 1. The standard InChI is InChI=1S/C15H14N4OS3/c1-9-3-4-11(10(2)5-9)12-6-21-14(17-12)18-13(20)7-22-15-19-16-8-23-15/h3-6,8H,7H2,1-2H3,(H,17,18,20). The maximum atomic E-state index is 12.0. The lowest BCUT2D eigenvalue weighted by Gasteiger charge is -2.03. The Morgan fingerprint density at radius 3 is 2.91 bits per heavy atom. The molecule has 0 aliphatic carbocycles. The van der Waals surface area contributed by atoms with Crippen molar-refractivity contribution in [3.05, 3.63) is 40.2 Å². The number of carbonyl (C=O) groups excluding carboxylic acids is 1. The van der Waals surface area contributed by atoms with Crippen molar-refractivity contribution in [1.82, 2.24) is 15.2 Å². The third-order valence-electron chi connectivity index (χ3n) is 3.08. The van der Waals surface area contributed by atoms with Crippen molar-refractivity contribution < 1.29 is 4.79 Å². The monoisotopic (exact) mass is 362 g/mol. The summed E-state index contributed by atoms with van der Waals surface area (Å²) in [6.45, 7) is 4.14. The number of benzene rings is 1. The molecule has 0 unspecified atom stereocenters. The Bertz CT molecular complexity index is 814. The molecule has 1 N–H and O–H groups in total. The Balaban J connectivity index is 1.63. The van der Waals surface area contributed by atoms with E-state index < -0.39 is 0 Å². The van der Waals surface area contributed by atoms with Crippen molar-refractivity contribution in [3.8, 4) is 11.3 Å². The zero-order valence-electron chi connectivity index (χ0n) is 12.6. The number of rotatable bonds is 5. The topological polar surface area (TPSA) is 67.8 Å². The van der Waals surface area contributed by atoms with E-state index in [0.29, 0.717) is 10.9 Å². The summed E-state index contributed by atoms with van der Waals surface area (Å²) < 4.78 is 0.787. The van der Waals surface area contributed by atoms with Gasteiger partial charge in [-0.3, -0.25) is 4.79 Å². The lowest BCUT2D eigenvalue weighted by atomic mass is 10.0. The Hall–Kier alpha value is -1.77. The van der Waals surface area contributed by atoms with Gasteiger partial charge in [0.15, 0.2) is 9.47 Å². The predicted molar refractivity (Wildman–Crippen MR) is 96.3 cm³/mol. The first-order chi connectivity index (χ1) is 11.1. The van der Waals surface area contributed by atoms with Crippen molar-refractivity contribution >= 4 is 45.5 Å². The van der Waals surface area contributed by atoms with Crippen LogP contribution in [0.5, 0.6) is 0 Å². The second-order valence-electron chi connectivity index (χ2n) is 4.90. The summed E-state index contributed by atoms with van der Waals surface area (Å²) in [4.78, 5) is 16.5. The minimum Gasteiger partial charge on any atom is -0.301 e. The van der Waals surface area contributed by atoms with Crippen molar-refractivity contribution in [2.45, 2.75) is 18.2 Å². The number of thiazole rings is 1. The molecule has 0 spiro atoms. The van der Waals surface area contributed by atoms with E-state index in [4.69, 9.17) is 0 Å². The predicted octanol–water partition coefficient (Wildman–Crippen LogP) is 4.01. The SMILES string of the molecule is Cc1ccc(-c2csc(NC(=O)CSc3nncs3)n2)c(C)c1. The highest BCUT2D eigenvalue weighted by Crippen LogP contribution is 2.28. The largest absolute Gasteiger partial charge is 0.301 e. The molecular formula is C15H14N4OS3. The molecule has 0 aliphatic heterocycles. The smallest absolute Gasteiger partial charge is 0.236 e. The molecule has 3 rings (SSSR count). The highest BCUT2D eigenvalue weighted by atomic mass is 32.2. The van der Waals surface area contributed by atoms with Gasteiger partial charge in [-0.1, -0.05) is 46.9 Å². The summed E-state index contributed by atoms with van der Waals surface area (Å²) >= 11 is 4.23. The van der Waals surface area contributed by atoms with E-state index in [1.807, 2.05) is 5.38 Å². The van der Waals surface area contributed by atoms with E-state index in [1.165, 1.54) is 45.6 Å². The molecule has 0 bridgehead atoms. The van der Waals surface area contributed by atoms with Crippen LogP contribution in [0.25, 0.3) is 11.3 Å². The molecular weight excluding hydrogens is 348 g/mol. The van der Waals surface area contributed by atoms with E-state index in [1.54, 1.807) is 5.51 Å². The van der Waals surface area contributed by atoms with E-state index in [9.17, 15) is 4.79 Å². The third-order valence-corrected chi connectivity index (χ3v) is 5.69. The van der Waals surface area contributed by atoms with Gasteiger partial charge in [0.1, 0.15) is 5.51 Å². The molecule has 1 amide bonds. The van der Waals surface area contributed by atoms with Crippen molar-refractivity contribution in [3.63, 3.8) is 0 Å². The van der Waals surface area contributed by atoms with E-state index in [-0.39, 0.29) is 5.91 Å². The number of aromatic nitrogens is 3. The summed E-state index contributed by atoms with van der Waals surface area (Å²) in [5.41, 5.74) is 6.04. The van der Waals surface area contributed by atoms with E-state index in [0.717, 1.165) is 15.6 Å². The van der Waals surface area contributed by atoms with Crippen LogP contribution in [0.4, 0.5) is 5.13 Å². The van der Waals surface area contributed by atoms with Gasteiger partial charge >= 0.3 is 0 Å². The lowest BCUT2D eigenvalue weighted by Crippen LogP contribution is -2.13. The van der Waals surface area contributed by atoms with E-state index in [2.05, 4.69) is 52.5 Å². The average molecular weight is 363 g/mol. The van der Waals surface area contributed by atoms with Gasteiger partial charge in [0, 0.05) is 10.9 Å².